The Kier molecular flexibility index (Phi) is 7.40. The van der Waals surface area contributed by atoms with Crippen LogP contribution in [0.15, 0.2) is 235 Å². The van der Waals surface area contributed by atoms with E-state index in [1.54, 1.807) is 0 Å². The molecule has 312 valence electrons. The molecule has 0 atom stereocenters. The van der Waals surface area contributed by atoms with Crippen LogP contribution in [0.4, 0.5) is 17.1 Å². The normalized spacial score (nSPS) is 13.3. The van der Waals surface area contributed by atoms with Gasteiger partial charge < -0.3 is 18.6 Å². The van der Waals surface area contributed by atoms with E-state index in [9.17, 15) is 0 Å². The molecular formula is C63H38N2O2. The number of hydrogen-bond donors (Lipinski definition) is 0. The predicted molar refractivity (Wildman–Crippen MR) is 275 cm³/mol. The van der Waals surface area contributed by atoms with E-state index in [2.05, 4.69) is 228 Å². The van der Waals surface area contributed by atoms with Crippen LogP contribution in [0.2, 0.25) is 0 Å². The van der Waals surface area contributed by atoms with Crippen LogP contribution in [0, 0.1) is 0 Å². The number of fused-ring (bicyclic) bond motifs is 15. The molecule has 0 amide bonds. The summed E-state index contributed by atoms with van der Waals surface area (Å²) < 4.78 is 15.4. The molecular weight excluding hydrogens is 817 g/mol. The summed E-state index contributed by atoms with van der Waals surface area (Å²) in [6.45, 7) is 0. The molecule has 4 heteroatoms. The highest BCUT2D eigenvalue weighted by molar-refractivity contribution is 6.15. The number of benzene rings is 11. The molecule has 0 fully saturated rings. The smallest absolute Gasteiger partial charge is 0.135 e. The highest BCUT2D eigenvalue weighted by Crippen LogP contribution is 2.62. The van der Waals surface area contributed by atoms with Crippen LogP contribution in [0.5, 0.6) is 11.5 Å². The fourth-order valence-corrected chi connectivity index (χ4v) is 11.9. The number of hydrogen-bond acceptors (Lipinski definition) is 3. The van der Waals surface area contributed by atoms with Crippen LogP contribution in [0.3, 0.4) is 0 Å². The van der Waals surface area contributed by atoms with Gasteiger partial charge in [-0.05, 0) is 106 Å². The summed E-state index contributed by atoms with van der Waals surface area (Å²) in [6, 6.07) is 84.0. The summed E-state index contributed by atoms with van der Waals surface area (Å²) in [5, 5.41) is 9.41. The van der Waals surface area contributed by atoms with E-state index in [1.807, 2.05) is 12.1 Å². The molecule has 0 saturated carbocycles. The second-order valence-corrected chi connectivity index (χ2v) is 17.9. The molecule has 2 aromatic heterocycles. The van der Waals surface area contributed by atoms with Crippen molar-refractivity contribution in [3.63, 3.8) is 0 Å². The number of anilines is 3. The Morgan fingerprint density at radius 3 is 1.87 bits per heavy atom. The highest BCUT2D eigenvalue weighted by atomic mass is 16.5. The molecule has 13 aromatic rings. The Morgan fingerprint density at radius 2 is 1.00 bits per heavy atom. The second kappa shape index (κ2) is 13.6. The maximum atomic E-state index is 6.74. The van der Waals surface area contributed by atoms with Gasteiger partial charge in [-0.2, -0.15) is 0 Å². The number of nitrogens with zero attached hydrogens (tertiary/aromatic N) is 2. The van der Waals surface area contributed by atoms with Gasteiger partial charge in [0.05, 0.1) is 27.8 Å². The minimum Gasteiger partial charge on any atom is -0.457 e. The van der Waals surface area contributed by atoms with Crippen molar-refractivity contribution in [3.05, 3.63) is 253 Å². The Bertz CT molecular complexity index is 4180. The van der Waals surface area contributed by atoms with Crippen molar-refractivity contribution in [2.24, 2.45) is 0 Å². The van der Waals surface area contributed by atoms with Gasteiger partial charge in [0, 0.05) is 54.8 Å². The molecule has 11 aromatic carbocycles. The predicted octanol–water partition coefficient (Wildman–Crippen LogP) is 16.9. The molecule has 1 aliphatic heterocycles. The number of para-hydroxylation sites is 4. The van der Waals surface area contributed by atoms with E-state index in [-0.39, 0.29) is 0 Å². The largest absolute Gasteiger partial charge is 0.457 e. The SMILES string of the molecule is c1ccc2c(c1)Oc1ccccc1C21c2ccccc2-c2ccc(N(c3ccc4c(c3)c3ccccc3n4-c3ccc4oc5ccccc5c4c3)c3cccc4ccccc34)c3cccc1c23. The monoisotopic (exact) mass is 854 g/mol. The zero-order chi connectivity index (χ0) is 43.8. The van der Waals surface area contributed by atoms with Gasteiger partial charge in [0.1, 0.15) is 22.7 Å². The molecule has 1 spiro atoms. The summed E-state index contributed by atoms with van der Waals surface area (Å²) in [5.41, 5.74) is 15.1. The average molecular weight is 855 g/mol. The van der Waals surface area contributed by atoms with Gasteiger partial charge in [-0.3, -0.25) is 0 Å². The quantitative estimate of drug-likeness (QED) is 0.177. The van der Waals surface area contributed by atoms with Crippen molar-refractivity contribution in [1.29, 1.82) is 0 Å². The summed E-state index contributed by atoms with van der Waals surface area (Å²) >= 11 is 0. The van der Waals surface area contributed by atoms with Crippen LogP contribution < -0.4 is 9.64 Å². The van der Waals surface area contributed by atoms with Gasteiger partial charge in [0.25, 0.3) is 0 Å². The zero-order valence-corrected chi connectivity index (χ0v) is 36.2. The second-order valence-electron chi connectivity index (χ2n) is 17.9. The molecule has 3 heterocycles. The lowest BCUT2D eigenvalue weighted by atomic mass is 9.58. The first-order valence-corrected chi connectivity index (χ1v) is 23.0. The van der Waals surface area contributed by atoms with Crippen LogP contribution in [0.25, 0.3) is 82.1 Å². The standard InChI is InChI=1S/C63H38N2O2/c1-2-17-42-39(15-1)16-13-27-54(42)64(40-31-34-57-48(37-40)44-19-4-9-26-55(44)65(57)41-32-36-59-49(38-41)45-20-5-10-28-58(45)66-59)56-35-33-46-43-18-3-6-22-50(43)63(53-25-14-21-47(56)62(46)53)51-23-7-11-29-60(51)67-61-30-12-8-24-52(61)63/h1-38H. The van der Waals surface area contributed by atoms with Crippen molar-refractivity contribution in [2.45, 2.75) is 5.41 Å². The lowest BCUT2D eigenvalue weighted by molar-refractivity contribution is 0.435. The summed E-state index contributed by atoms with van der Waals surface area (Å²) in [6.07, 6.45) is 0. The summed E-state index contributed by atoms with van der Waals surface area (Å²) in [4.78, 5) is 2.50. The van der Waals surface area contributed by atoms with Gasteiger partial charge in [0.2, 0.25) is 0 Å². The molecule has 0 bridgehead atoms. The van der Waals surface area contributed by atoms with Crippen LogP contribution in [-0.4, -0.2) is 4.57 Å². The lowest BCUT2D eigenvalue weighted by Gasteiger charge is -2.45. The lowest BCUT2D eigenvalue weighted by Crippen LogP contribution is -2.36. The number of furan rings is 1. The van der Waals surface area contributed by atoms with Crippen LogP contribution in [-0.2, 0) is 5.41 Å². The molecule has 0 N–H and O–H groups in total. The fraction of sp³-hybridized carbons (Fsp3) is 0.0159. The van der Waals surface area contributed by atoms with Crippen molar-refractivity contribution >= 4 is 82.4 Å². The third kappa shape index (κ3) is 4.91. The third-order valence-corrected chi connectivity index (χ3v) is 14.6. The van der Waals surface area contributed by atoms with E-state index in [0.29, 0.717) is 0 Å². The Morgan fingerprint density at radius 1 is 0.373 bits per heavy atom. The molecule has 0 saturated heterocycles. The van der Waals surface area contributed by atoms with E-state index >= 15 is 0 Å². The Labute approximate surface area is 385 Å². The van der Waals surface area contributed by atoms with Gasteiger partial charge >= 0.3 is 0 Å². The van der Waals surface area contributed by atoms with Crippen molar-refractivity contribution in [2.75, 3.05) is 4.90 Å². The molecule has 4 nitrogen and oxygen atoms in total. The van der Waals surface area contributed by atoms with Crippen molar-refractivity contribution in [3.8, 4) is 28.3 Å². The van der Waals surface area contributed by atoms with Gasteiger partial charge in [-0.1, -0.05) is 158 Å². The maximum absolute atomic E-state index is 6.74. The molecule has 15 rings (SSSR count). The minimum atomic E-state index is -0.621. The summed E-state index contributed by atoms with van der Waals surface area (Å²) in [5.74, 6) is 1.77. The minimum absolute atomic E-state index is 0.621. The molecule has 0 unspecified atom stereocenters. The highest BCUT2D eigenvalue weighted by Gasteiger charge is 2.49. The summed E-state index contributed by atoms with van der Waals surface area (Å²) in [7, 11) is 0. The molecule has 67 heavy (non-hydrogen) atoms. The first-order chi connectivity index (χ1) is 33.2. The Hall–Kier alpha value is -8.86. The van der Waals surface area contributed by atoms with E-state index in [4.69, 9.17) is 9.15 Å². The number of ether oxygens (including phenoxy) is 1. The molecule has 2 aliphatic rings. The first-order valence-electron chi connectivity index (χ1n) is 23.0. The fourth-order valence-electron chi connectivity index (χ4n) is 11.9. The van der Waals surface area contributed by atoms with Crippen LogP contribution >= 0.6 is 0 Å². The van der Waals surface area contributed by atoms with Crippen LogP contribution in [0.1, 0.15) is 22.3 Å². The van der Waals surface area contributed by atoms with E-state index in [0.717, 1.165) is 78.3 Å². The number of aromatic nitrogens is 1. The zero-order valence-electron chi connectivity index (χ0n) is 36.2. The van der Waals surface area contributed by atoms with Crippen molar-refractivity contribution < 1.29 is 9.15 Å². The van der Waals surface area contributed by atoms with E-state index < -0.39 is 5.41 Å². The number of rotatable bonds is 4. The average Bonchev–Trinajstić information content (AvgIpc) is 3.93. The molecule has 1 aliphatic carbocycles. The van der Waals surface area contributed by atoms with Crippen molar-refractivity contribution in [1.82, 2.24) is 4.57 Å². The van der Waals surface area contributed by atoms with Gasteiger partial charge in [-0.15, -0.1) is 0 Å². The maximum Gasteiger partial charge on any atom is 0.135 e. The van der Waals surface area contributed by atoms with Gasteiger partial charge in [0.15, 0.2) is 0 Å². The van der Waals surface area contributed by atoms with Gasteiger partial charge in [-0.25, -0.2) is 0 Å². The van der Waals surface area contributed by atoms with E-state index in [1.165, 1.54) is 54.6 Å². The topological polar surface area (TPSA) is 30.5 Å². The Balaban J connectivity index is 1.02. The third-order valence-electron chi connectivity index (χ3n) is 14.6. The molecule has 0 radical (unpaired) electrons. The first kappa shape index (κ1) is 36.5.